The molecule has 3 heteroatoms. The number of ketones is 2. The number of carbonyl (C=O) groups excluding carboxylic acids is 2. The van der Waals surface area contributed by atoms with Crippen molar-refractivity contribution < 1.29 is 9.59 Å². The first-order valence-electron chi connectivity index (χ1n) is 9.95. The summed E-state index contributed by atoms with van der Waals surface area (Å²) in [7, 11) is 0. The van der Waals surface area contributed by atoms with E-state index in [2.05, 4.69) is 26.0 Å². The topological polar surface area (TPSA) is 34.1 Å². The van der Waals surface area contributed by atoms with E-state index in [9.17, 15) is 9.59 Å². The first-order valence-corrected chi connectivity index (χ1v) is 10.9. The van der Waals surface area contributed by atoms with E-state index in [1.165, 1.54) is 0 Å². The Morgan fingerprint density at radius 3 is 1.52 bits per heavy atom. The first kappa shape index (κ1) is 21.1. The van der Waals surface area contributed by atoms with Gasteiger partial charge in [0.2, 0.25) is 0 Å². The summed E-state index contributed by atoms with van der Waals surface area (Å²) in [6.45, 7) is 4.29. The molecule has 1 unspecified atom stereocenters. The molecule has 0 aliphatic rings. The molecule has 0 saturated heterocycles. The lowest BCUT2D eigenvalue weighted by Crippen LogP contribution is -2.26. The molecule has 0 spiro atoms. The van der Waals surface area contributed by atoms with Gasteiger partial charge in [0.25, 0.3) is 0 Å². The first-order chi connectivity index (χ1) is 14.1. The number of benzene rings is 3. The van der Waals surface area contributed by atoms with Crippen LogP contribution in [-0.2, 0) is 0 Å². The van der Waals surface area contributed by atoms with E-state index in [1.54, 1.807) is 36.0 Å². The van der Waals surface area contributed by atoms with Crippen LogP contribution in [-0.4, -0.2) is 16.8 Å². The van der Waals surface area contributed by atoms with Crippen molar-refractivity contribution in [1.29, 1.82) is 0 Å². The average molecular weight is 403 g/mol. The summed E-state index contributed by atoms with van der Waals surface area (Å²) in [6.07, 6.45) is 0.480. The summed E-state index contributed by atoms with van der Waals surface area (Å²) >= 11 is 1.80. The molecular formula is C26H26O2S. The Bertz CT molecular complexity index is 869. The van der Waals surface area contributed by atoms with Crippen molar-refractivity contribution in [2.45, 2.75) is 30.8 Å². The van der Waals surface area contributed by atoms with Crippen molar-refractivity contribution in [2.75, 3.05) is 0 Å². The summed E-state index contributed by atoms with van der Waals surface area (Å²) in [5.74, 6) is -0.925. The van der Waals surface area contributed by atoms with Gasteiger partial charge in [-0.25, -0.2) is 0 Å². The number of carbonyl (C=O) groups is 2. The molecule has 0 bridgehead atoms. The molecule has 3 aromatic rings. The van der Waals surface area contributed by atoms with Crippen molar-refractivity contribution in [1.82, 2.24) is 0 Å². The standard InChI is InChI=1S/C26H26O2S/c1-19(2)29-24(20-12-6-3-7-13-20)18-23(25(27)21-14-8-4-9-15-21)26(28)22-16-10-5-11-17-22/h3-17,19,23-24H,18H2,1-2H3. The average Bonchev–Trinajstić information content (AvgIpc) is 2.77. The number of hydrogen-bond donors (Lipinski definition) is 0. The minimum Gasteiger partial charge on any atom is -0.293 e. The zero-order valence-corrected chi connectivity index (χ0v) is 17.6. The van der Waals surface area contributed by atoms with E-state index < -0.39 is 5.92 Å². The second-order valence-corrected chi connectivity index (χ2v) is 9.12. The smallest absolute Gasteiger partial charge is 0.173 e. The number of thioether (sulfide) groups is 1. The molecule has 0 saturated carbocycles. The van der Waals surface area contributed by atoms with E-state index in [0.29, 0.717) is 22.8 Å². The van der Waals surface area contributed by atoms with Gasteiger partial charge < -0.3 is 0 Å². The maximum absolute atomic E-state index is 13.4. The van der Waals surface area contributed by atoms with Gasteiger partial charge >= 0.3 is 0 Å². The summed E-state index contributed by atoms with van der Waals surface area (Å²) in [6, 6.07) is 28.5. The highest BCUT2D eigenvalue weighted by Crippen LogP contribution is 2.39. The van der Waals surface area contributed by atoms with Crippen LogP contribution < -0.4 is 0 Å². The Hall–Kier alpha value is -2.65. The Labute approximate surface area is 177 Å². The Morgan fingerprint density at radius 1 is 0.690 bits per heavy atom. The molecule has 2 nitrogen and oxygen atoms in total. The fourth-order valence-electron chi connectivity index (χ4n) is 3.42. The Morgan fingerprint density at radius 2 is 1.10 bits per heavy atom. The van der Waals surface area contributed by atoms with Crippen LogP contribution in [0.15, 0.2) is 91.0 Å². The van der Waals surface area contributed by atoms with Crippen molar-refractivity contribution in [3.63, 3.8) is 0 Å². The highest BCUT2D eigenvalue weighted by Gasteiger charge is 2.32. The Kier molecular flexibility index (Phi) is 7.42. The van der Waals surface area contributed by atoms with E-state index in [4.69, 9.17) is 0 Å². The van der Waals surface area contributed by atoms with Gasteiger partial charge in [-0.05, 0) is 17.2 Å². The molecule has 0 N–H and O–H groups in total. The van der Waals surface area contributed by atoms with E-state index in [0.717, 1.165) is 5.56 Å². The van der Waals surface area contributed by atoms with E-state index in [-0.39, 0.29) is 16.8 Å². The van der Waals surface area contributed by atoms with Gasteiger partial charge in [-0.3, -0.25) is 9.59 Å². The van der Waals surface area contributed by atoms with Crippen LogP contribution in [0.2, 0.25) is 0 Å². The number of hydrogen-bond acceptors (Lipinski definition) is 3. The molecule has 0 heterocycles. The van der Waals surface area contributed by atoms with E-state index in [1.807, 2.05) is 54.6 Å². The van der Waals surface area contributed by atoms with Crippen molar-refractivity contribution in [3.05, 3.63) is 108 Å². The van der Waals surface area contributed by atoms with Gasteiger partial charge in [0.1, 0.15) is 0 Å². The van der Waals surface area contributed by atoms with Gasteiger partial charge in [0.15, 0.2) is 11.6 Å². The van der Waals surface area contributed by atoms with Crippen molar-refractivity contribution in [2.24, 2.45) is 5.92 Å². The molecule has 148 valence electrons. The van der Waals surface area contributed by atoms with Crippen molar-refractivity contribution >= 4 is 23.3 Å². The Balaban J connectivity index is 1.97. The van der Waals surface area contributed by atoms with Crippen LogP contribution >= 0.6 is 11.8 Å². The van der Waals surface area contributed by atoms with Gasteiger partial charge in [-0.1, -0.05) is 105 Å². The second-order valence-electron chi connectivity index (χ2n) is 7.33. The molecule has 29 heavy (non-hydrogen) atoms. The number of rotatable bonds is 9. The molecule has 0 aliphatic carbocycles. The molecule has 0 amide bonds. The molecule has 3 aromatic carbocycles. The second kappa shape index (κ2) is 10.2. The highest BCUT2D eigenvalue weighted by molar-refractivity contribution is 8.00. The molecule has 0 aromatic heterocycles. The van der Waals surface area contributed by atoms with Crippen LogP contribution in [0.3, 0.4) is 0 Å². The fourth-order valence-corrected chi connectivity index (χ4v) is 4.70. The minimum atomic E-state index is -0.712. The van der Waals surface area contributed by atoms with Crippen LogP contribution in [0.4, 0.5) is 0 Å². The predicted molar refractivity (Wildman–Crippen MR) is 122 cm³/mol. The van der Waals surface area contributed by atoms with Crippen LogP contribution in [0.5, 0.6) is 0 Å². The predicted octanol–water partition coefficient (Wildman–Crippen LogP) is 6.64. The third-order valence-electron chi connectivity index (χ3n) is 4.81. The normalized spacial score (nSPS) is 12.1. The van der Waals surface area contributed by atoms with Gasteiger partial charge in [0.05, 0.1) is 5.92 Å². The maximum atomic E-state index is 13.4. The highest BCUT2D eigenvalue weighted by atomic mass is 32.2. The molecule has 0 aliphatic heterocycles. The van der Waals surface area contributed by atoms with Gasteiger partial charge in [-0.2, -0.15) is 11.8 Å². The zero-order chi connectivity index (χ0) is 20.6. The van der Waals surface area contributed by atoms with Crippen LogP contribution in [0.1, 0.15) is 51.8 Å². The summed E-state index contributed by atoms with van der Waals surface area (Å²) in [4.78, 5) is 26.8. The zero-order valence-electron chi connectivity index (χ0n) is 16.8. The molecule has 0 fully saturated rings. The van der Waals surface area contributed by atoms with Gasteiger partial charge in [0, 0.05) is 16.4 Å². The SMILES string of the molecule is CC(C)SC(CC(C(=O)c1ccccc1)C(=O)c1ccccc1)c1ccccc1. The maximum Gasteiger partial charge on any atom is 0.173 e. The lowest BCUT2D eigenvalue weighted by atomic mass is 9.85. The monoisotopic (exact) mass is 402 g/mol. The van der Waals surface area contributed by atoms with E-state index >= 15 is 0 Å². The number of Topliss-reactive ketones (excluding diaryl/α,β-unsaturated/α-hetero) is 2. The third kappa shape index (κ3) is 5.68. The summed E-state index contributed by atoms with van der Waals surface area (Å²) in [5.41, 5.74) is 2.32. The molecule has 3 rings (SSSR count). The van der Waals surface area contributed by atoms with Crippen LogP contribution in [0.25, 0.3) is 0 Å². The van der Waals surface area contributed by atoms with Gasteiger partial charge in [-0.15, -0.1) is 0 Å². The molecule has 0 radical (unpaired) electrons. The lowest BCUT2D eigenvalue weighted by molar-refractivity contribution is 0.0799. The van der Waals surface area contributed by atoms with Crippen molar-refractivity contribution in [3.8, 4) is 0 Å². The minimum absolute atomic E-state index is 0.0709. The molecule has 1 atom stereocenters. The van der Waals surface area contributed by atoms with Crippen LogP contribution in [0, 0.1) is 5.92 Å². The largest absolute Gasteiger partial charge is 0.293 e. The fraction of sp³-hybridized carbons (Fsp3) is 0.231. The summed E-state index contributed by atoms with van der Waals surface area (Å²) < 4.78 is 0. The lowest BCUT2D eigenvalue weighted by Gasteiger charge is -2.24. The quantitative estimate of drug-likeness (QED) is 0.297. The third-order valence-corrected chi connectivity index (χ3v) is 6.14. The molecular weight excluding hydrogens is 376 g/mol. The summed E-state index contributed by atoms with van der Waals surface area (Å²) in [5, 5.41) is 0.459.